The molecule has 1 aliphatic carbocycles. The molecule has 0 bridgehead atoms. The molecule has 1 aromatic rings. The van der Waals surface area contributed by atoms with Crippen molar-refractivity contribution in [3.63, 3.8) is 0 Å². The van der Waals surface area contributed by atoms with Gasteiger partial charge in [-0.25, -0.2) is 4.98 Å². The number of aromatic nitrogens is 1. The summed E-state index contributed by atoms with van der Waals surface area (Å²) >= 11 is 0. The van der Waals surface area contributed by atoms with E-state index in [0.717, 1.165) is 18.7 Å². The SMILES string of the molecule is CC(C)(O)C(C)(C)OB(O)c1ccnc(NC2CCCC2)c1. The summed E-state index contributed by atoms with van der Waals surface area (Å²) in [5.41, 5.74) is -1.31. The fourth-order valence-corrected chi connectivity index (χ4v) is 2.45. The minimum atomic E-state index is -1.10. The first-order chi connectivity index (χ1) is 10.2. The molecule has 0 saturated heterocycles. The van der Waals surface area contributed by atoms with E-state index in [-0.39, 0.29) is 0 Å². The summed E-state index contributed by atoms with van der Waals surface area (Å²) in [5.74, 6) is 0.758. The molecule has 0 unspecified atom stereocenters. The van der Waals surface area contributed by atoms with Gasteiger partial charge in [0.2, 0.25) is 0 Å². The van der Waals surface area contributed by atoms with Crippen LogP contribution in [0.2, 0.25) is 0 Å². The topological polar surface area (TPSA) is 74.6 Å². The molecule has 1 saturated carbocycles. The first-order valence-electron chi connectivity index (χ1n) is 8.00. The predicted molar refractivity (Wildman–Crippen MR) is 89.2 cm³/mol. The van der Waals surface area contributed by atoms with Crippen LogP contribution in [0.15, 0.2) is 18.3 Å². The maximum atomic E-state index is 10.3. The van der Waals surface area contributed by atoms with Gasteiger partial charge in [-0.15, -0.1) is 0 Å². The fourth-order valence-electron chi connectivity index (χ4n) is 2.45. The van der Waals surface area contributed by atoms with Crippen LogP contribution < -0.4 is 10.8 Å². The Morgan fingerprint density at radius 3 is 2.50 bits per heavy atom. The van der Waals surface area contributed by atoms with Crippen molar-refractivity contribution in [2.75, 3.05) is 5.32 Å². The molecular formula is C16H27BN2O3. The van der Waals surface area contributed by atoms with Crippen LogP contribution in [0.3, 0.4) is 0 Å². The molecule has 0 radical (unpaired) electrons. The number of nitrogens with zero attached hydrogens (tertiary/aromatic N) is 1. The molecule has 3 N–H and O–H groups in total. The second kappa shape index (κ2) is 6.56. The van der Waals surface area contributed by atoms with E-state index in [2.05, 4.69) is 10.3 Å². The van der Waals surface area contributed by atoms with E-state index in [4.69, 9.17) is 4.65 Å². The van der Waals surface area contributed by atoms with Gasteiger partial charge in [0.25, 0.3) is 0 Å². The third kappa shape index (κ3) is 4.21. The van der Waals surface area contributed by atoms with Gasteiger partial charge in [-0.1, -0.05) is 12.8 Å². The standard InChI is InChI=1S/C16H27BN2O3/c1-15(2,20)16(3,4)22-17(21)12-9-10-18-14(11-12)19-13-7-5-6-8-13/h9-11,13,20-21H,5-8H2,1-4H3,(H,18,19). The third-order valence-corrected chi connectivity index (χ3v) is 4.66. The van der Waals surface area contributed by atoms with Crippen LogP contribution in [0.25, 0.3) is 0 Å². The Labute approximate surface area is 133 Å². The van der Waals surface area contributed by atoms with Crippen LogP contribution >= 0.6 is 0 Å². The monoisotopic (exact) mass is 306 g/mol. The van der Waals surface area contributed by atoms with Gasteiger partial charge >= 0.3 is 7.12 Å². The second-order valence-electron chi connectivity index (χ2n) is 7.14. The highest BCUT2D eigenvalue weighted by molar-refractivity contribution is 6.60. The van der Waals surface area contributed by atoms with Crippen molar-refractivity contribution in [2.45, 2.75) is 70.6 Å². The van der Waals surface area contributed by atoms with Crippen molar-refractivity contribution in [2.24, 2.45) is 0 Å². The molecule has 0 atom stereocenters. The highest BCUT2D eigenvalue weighted by Gasteiger charge is 2.39. The maximum Gasteiger partial charge on any atom is 0.491 e. The lowest BCUT2D eigenvalue weighted by molar-refractivity contribution is -0.0982. The van der Waals surface area contributed by atoms with Crippen LogP contribution in [0.1, 0.15) is 53.4 Å². The summed E-state index contributed by atoms with van der Waals surface area (Å²) in [4.78, 5) is 4.30. The van der Waals surface area contributed by atoms with Crippen LogP contribution in [0, 0.1) is 0 Å². The van der Waals surface area contributed by atoms with E-state index in [1.807, 2.05) is 6.07 Å². The van der Waals surface area contributed by atoms with Crippen molar-refractivity contribution in [1.82, 2.24) is 4.98 Å². The Bertz CT molecular complexity index is 496. The lowest BCUT2D eigenvalue weighted by Crippen LogP contribution is -2.53. The van der Waals surface area contributed by atoms with Crippen molar-refractivity contribution < 1.29 is 14.8 Å². The van der Waals surface area contributed by atoms with Crippen molar-refractivity contribution in [1.29, 1.82) is 0 Å². The Morgan fingerprint density at radius 1 is 1.27 bits per heavy atom. The van der Waals surface area contributed by atoms with Gasteiger partial charge in [0.1, 0.15) is 5.82 Å². The van der Waals surface area contributed by atoms with Gasteiger partial charge in [0, 0.05) is 12.2 Å². The smallest absolute Gasteiger partial charge is 0.423 e. The van der Waals surface area contributed by atoms with E-state index in [0.29, 0.717) is 11.5 Å². The van der Waals surface area contributed by atoms with E-state index in [9.17, 15) is 10.1 Å². The average molecular weight is 306 g/mol. The van der Waals surface area contributed by atoms with Gasteiger partial charge in [-0.3, -0.25) is 0 Å². The molecule has 2 rings (SSSR count). The van der Waals surface area contributed by atoms with Crippen LogP contribution in [-0.4, -0.2) is 39.5 Å². The van der Waals surface area contributed by atoms with Gasteiger partial charge in [-0.05, 0) is 58.1 Å². The number of pyridine rings is 1. The average Bonchev–Trinajstić information content (AvgIpc) is 2.90. The van der Waals surface area contributed by atoms with Crippen LogP contribution in [-0.2, 0) is 4.65 Å². The first kappa shape index (κ1) is 17.3. The Hall–Kier alpha value is -1.11. The van der Waals surface area contributed by atoms with E-state index in [1.54, 1.807) is 40.0 Å². The minimum Gasteiger partial charge on any atom is -0.423 e. The molecular weight excluding hydrogens is 279 g/mol. The quantitative estimate of drug-likeness (QED) is 0.697. The van der Waals surface area contributed by atoms with Crippen molar-refractivity contribution >= 4 is 18.4 Å². The normalized spacial score (nSPS) is 16.8. The number of nitrogens with one attached hydrogen (secondary N) is 1. The molecule has 22 heavy (non-hydrogen) atoms. The maximum absolute atomic E-state index is 10.3. The highest BCUT2D eigenvalue weighted by Crippen LogP contribution is 2.25. The summed E-state index contributed by atoms with van der Waals surface area (Å²) in [7, 11) is -1.10. The van der Waals surface area contributed by atoms with Gasteiger partial charge in [0.15, 0.2) is 0 Å². The lowest BCUT2D eigenvalue weighted by atomic mass is 9.77. The first-order valence-corrected chi connectivity index (χ1v) is 8.00. The Morgan fingerprint density at radius 2 is 1.91 bits per heavy atom. The molecule has 122 valence electrons. The van der Waals surface area contributed by atoms with Crippen LogP contribution in [0.5, 0.6) is 0 Å². The number of rotatable bonds is 6. The third-order valence-electron chi connectivity index (χ3n) is 4.66. The number of anilines is 1. The van der Waals surface area contributed by atoms with Crippen molar-refractivity contribution in [3.8, 4) is 0 Å². The zero-order valence-electron chi connectivity index (χ0n) is 14.0. The zero-order chi connectivity index (χ0) is 16.4. The molecule has 0 aromatic carbocycles. The molecule has 5 nitrogen and oxygen atoms in total. The largest absolute Gasteiger partial charge is 0.491 e. The zero-order valence-corrected chi connectivity index (χ0v) is 14.0. The second-order valence-corrected chi connectivity index (χ2v) is 7.14. The summed E-state index contributed by atoms with van der Waals surface area (Å²) in [6, 6.07) is 4.00. The van der Waals surface area contributed by atoms with E-state index in [1.165, 1.54) is 12.8 Å². The van der Waals surface area contributed by atoms with E-state index >= 15 is 0 Å². The number of hydrogen-bond acceptors (Lipinski definition) is 5. The molecule has 0 spiro atoms. The Kier molecular flexibility index (Phi) is 5.15. The summed E-state index contributed by atoms with van der Waals surface area (Å²) in [5, 5.41) is 23.8. The van der Waals surface area contributed by atoms with Crippen molar-refractivity contribution in [3.05, 3.63) is 18.3 Å². The summed E-state index contributed by atoms with van der Waals surface area (Å²) in [6.07, 6.45) is 6.50. The molecule has 0 amide bonds. The Balaban J connectivity index is 2.05. The van der Waals surface area contributed by atoms with Gasteiger partial charge in [0.05, 0.1) is 11.2 Å². The number of hydrogen-bond donors (Lipinski definition) is 3. The van der Waals surface area contributed by atoms with Crippen LogP contribution in [0.4, 0.5) is 5.82 Å². The fraction of sp³-hybridized carbons (Fsp3) is 0.688. The van der Waals surface area contributed by atoms with Gasteiger partial charge in [-0.2, -0.15) is 0 Å². The highest BCUT2D eigenvalue weighted by atomic mass is 16.5. The summed E-state index contributed by atoms with van der Waals surface area (Å²) < 4.78 is 5.66. The summed E-state index contributed by atoms with van der Waals surface area (Å²) in [6.45, 7) is 6.85. The lowest BCUT2D eigenvalue weighted by Gasteiger charge is -2.38. The molecule has 1 aliphatic rings. The molecule has 0 aliphatic heterocycles. The molecule has 6 heteroatoms. The van der Waals surface area contributed by atoms with E-state index < -0.39 is 18.3 Å². The van der Waals surface area contributed by atoms with Gasteiger partial charge < -0.3 is 20.1 Å². The minimum absolute atomic E-state index is 0.466. The molecule has 1 heterocycles. The number of aliphatic hydroxyl groups is 1. The molecule has 1 fully saturated rings. The predicted octanol–water partition coefficient (Wildman–Crippen LogP) is 1.69. The molecule has 1 aromatic heterocycles.